The van der Waals surface area contributed by atoms with Gasteiger partial charge in [0.15, 0.2) is 0 Å². The topological polar surface area (TPSA) is 82.6 Å². The zero-order valence-electron chi connectivity index (χ0n) is 12.8. The van der Waals surface area contributed by atoms with Crippen molar-refractivity contribution >= 4 is 40.2 Å². The average Bonchev–Trinajstić information content (AvgIpc) is 2.51. The molecule has 1 unspecified atom stereocenters. The molecule has 0 aliphatic heterocycles. The molecule has 0 fully saturated rings. The van der Waals surface area contributed by atoms with Gasteiger partial charge in [0.25, 0.3) is 0 Å². The lowest BCUT2D eigenvalue weighted by atomic mass is 10.2. The summed E-state index contributed by atoms with van der Waals surface area (Å²) in [5, 5.41) is 0.0977. The van der Waals surface area contributed by atoms with Gasteiger partial charge < -0.3 is 9.29 Å². The number of anilines is 2. The van der Waals surface area contributed by atoms with Crippen molar-refractivity contribution in [3.63, 3.8) is 0 Å². The second-order valence-electron chi connectivity index (χ2n) is 4.68. The molecule has 0 saturated carbocycles. The number of rotatable bonds is 5. The molecule has 24 heavy (non-hydrogen) atoms. The molecular weight excluding hydrogens is 359 g/mol. The fourth-order valence-corrected chi connectivity index (χ4v) is 2.93. The van der Waals surface area contributed by atoms with Gasteiger partial charge in [-0.15, -0.1) is 0 Å². The molecule has 0 bridgehead atoms. The summed E-state index contributed by atoms with van der Waals surface area (Å²) in [6.45, 7) is 3.45. The van der Waals surface area contributed by atoms with Gasteiger partial charge in [0.05, 0.1) is 46.0 Å². The third kappa shape index (κ3) is 3.89. The Kier molecular flexibility index (Phi) is 5.87. The smallest absolute Gasteiger partial charge is 0.338 e. The largest absolute Gasteiger partial charge is 0.755 e. The minimum absolute atomic E-state index is 0.00150. The van der Waals surface area contributed by atoms with Gasteiger partial charge in [0.2, 0.25) is 0 Å². The molecule has 1 aromatic heterocycles. The molecule has 128 valence electrons. The standard InChI is InChI=1S/C15H14ClFN2O4S/c1-3-23-15(20)10-4-5-13(12(17)7-10)19(24(21)22)14-8-18-9(2)6-11(14)16/h4-8H,3H2,1-2H3,(H,21,22)/p-1. The first-order valence-corrected chi connectivity index (χ1v) is 8.24. The number of aromatic nitrogens is 1. The zero-order chi connectivity index (χ0) is 17.9. The molecule has 6 nitrogen and oxygen atoms in total. The molecule has 1 atom stereocenters. The van der Waals surface area contributed by atoms with Crippen LogP contribution in [0.4, 0.5) is 15.8 Å². The number of carbonyl (C=O) groups is 1. The summed E-state index contributed by atoms with van der Waals surface area (Å²) in [5.74, 6) is -1.62. The molecule has 0 N–H and O–H groups in total. The van der Waals surface area contributed by atoms with Gasteiger partial charge in [-0.3, -0.25) is 13.5 Å². The molecule has 0 spiro atoms. The van der Waals surface area contributed by atoms with Crippen LogP contribution in [0.3, 0.4) is 0 Å². The maximum absolute atomic E-state index is 14.4. The van der Waals surface area contributed by atoms with Crippen LogP contribution in [-0.4, -0.2) is 26.3 Å². The molecule has 2 aromatic rings. The quantitative estimate of drug-likeness (QED) is 0.595. The van der Waals surface area contributed by atoms with Crippen LogP contribution in [0.2, 0.25) is 5.02 Å². The van der Waals surface area contributed by atoms with Crippen molar-refractivity contribution in [1.29, 1.82) is 0 Å². The molecular formula is C15H13ClFN2O4S-. The van der Waals surface area contributed by atoms with Crippen LogP contribution in [0.5, 0.6) is 0 Å². The van der Waals surface area contributed by atoms with E-state index in [1.165, 1.54) is 18.3 Å². The van der Waals surface area contributed by atoms with Gasteiger partial charge in [-0.25, -0.2) is 9.18 Å². The number of hydrogen-bond acceptors (Lipinski definition) is 5. The van der Waals surface area contributed by atoms with E-state index in [0.717, 1.165) is 12.1 Å². The molecule has 0 radical (unpaired) electrons. The molecule has 0 saturated heterocycles. The van der Waals surface area contributed by atoms with Crippen molar-refractivity contribution in [2.45, 2.75) is 13.8 Å². The first kappa shape index (κ1) is 18.3. The number of benzene rings is 1. The minimum atomic E-state index is -2.85. The van der Waals surface area contributed by atoms with Gasteiger partial charge in [-0.05, 0) is 38.1 Å². The molecule has 0 amide bonds. The van der Waals surface area contributed by atoms with Crippen molar-refractivity contribution < 1.29 is 22.7 Å². The van der Waals surface area contributed by atoms with E-state index in [-0.39, 0.29) is 28.6 Å². The Hall–Kier alpha value is -2.03. The van der Waals surface area contributed by atoms with Crippen molar-refractivity contribution in [3.8, 4) is 0 Å². The van der Waals surface area contributed by atoms with Gasteiger partial charge in [0, 0.05) is 5.69 Å². The Balaban J connectivity index is 2.49. The van der Waals surface area contributed by atoms with Crippen LogP contribution >= 0.6 is 11.6 Å². The highest BCUT2D eigenvalue weighted by Crippen LogP contribution is 2.34. The predicted molar refractivity (Wildman–Crippen MR) is 87.4 cm³/mol. The predicted octanol–water partition coefficient (Wildman–Crippen LogP) is 3.29. The van der Waals surface area contributed by atoms with E-state index in [1.807, 2.05) is 0 Å². The normalized spacial score (nSPS) is 11.9. The summed E-state index contributed by atoms with van der Waals surface area (Å²) in [4.78, 5) is 15.6. The van der Waals surface area contributed by atoms with E-state index in [2.05, 4.69) is 4.98 Å². The second kappa shape index (κ2) is 7.69. The number of nitrogens with zero attached hydrogens (tertiary/aromatic N) is 2. The lowest BCUT2D eigenvalue weighted by Gasteiger charge is -2.27. The Morgan fingerprint density at radius 1 is 1.42 bits per heavy atom. The summed E-state index contributed by atoms with van der Waals surface area (Å²) in [6.07, 6.45) is 1.23. The van der Waals surface area contributed by atoms with Crippen molar-refractivity contribution in [2.75, 3.05) is 10.9 Å². The van der Waals surface area contributed by atoms with E-state index in [0.29, 0.717) is 10.00 Å². The minimum Gasteiger partial charge on any atom is -0.755 e. The molecule has 9 heteroatoms. The van der Waals surface area contributed by atoms with Crippen LogP contribution < -0.4 is 4.31 Å². The van der Waals surface area contributed by atoms with E-state index >= 15 is 0 Å². The molecule has 0 aliphatic rings. The third-order valence-electron chi connectivity index (χ3n) is 3.02. The number of hydrogen-bond donors (Lipinski definition) is 0. The van der Waals surface area contributed by atoms with Gasteiger partial charge >= 0.3 is 5.97 Å². The first-order valence-electron chi connectivity index (χ1n) is 6.83. The maximum atomic E-state index is 14.4. The summed E-state index contributed by atoms with van der Waals surface area (Å²) in [5.41, 5.74) is 0.267. The number of halogens is 2. The van der Waals surface area contributed by atoms with Crippen LogP contribution in [0.15, 0.2) is 30.5 Å². The third-order valence-corrected chi connectivity index (χ3v) is 4.01. The second-order valence-corrected chi connectivity index (χ2v) is 5.88. The Morgan fingerprint density at radius 2 is 2.12 bits per heavy atom. The monoisotopic (exact) mass is 371 g/mol. The number of pyridine rings is 1. The van der Waals surface area contributed by atoms with E-state index in [9.17, 15) is 17.9 Å². The van der Waals surface area contributed by atoms with Gasteiger partial charge in [-0.2, -0.15) is 0 Å². The van der Waals surface area contributed by atoms with Crippen LogP contribution in [0, 0.1) is 12.7 Å². The maximum Gasteiger partial charge on any atom is 0.338 e. The highest BCUT2D eigenvalue weighted by atomic mass is 35.5. The first-order chi connectivity index (χ1) is 11.3. The van der Waals surface area contributed by atoms with E-state index in [1.54, 1.807) is 13.8 Å². The summed E-state index contributed by atoms with van der Waals surface area (Å²) in [7, 11) is 0. The highest BCUT2D eigenvalue weighted by molar-refractivity contribution is 7.81. The number of esters is 1. The SMILES string of the molecule is CCOC(=O)c1ccc(N(c2cnc(C)cc2Cl)S(=O)[O-])c(F)c1. The Morgan fingerprint density at radius 3 is 2.67 bits per heavy atom. The zero-order valence-corrected chi connectivity index (χ0v) is 14.4. The van der Waals surface area contributed by atoms with Crippen molar-refractivity contribution in [1.82, 2.24) is 4.98 Å². The lowest BCUT2D eigenvalue weighted by Crippen LogP contribution is -2.21. The fraction of sp³-hybridized carbons (Fsp3) is 0.200. The van der Waals surface area contributed by atoms with Crippen LogP contribution in [0.25, 0.3) is 0 Å². The van der Waals surface area contributed by atoms with E-state index < -0.39 is 23.1 Å². The average molecular weight is 372 g/mol. The molecule has 2 rings (SSSR count). The Labute approximate surface area is 145 Å². The van der Waals surface area contributed by atoms with Crippen LogP contribution in [-0.2, 0) is 16.0 Å². The van der Waals surface area contributed by atoms with Crippen molar-refractivity contribution in [2.24, 2.45) is 0 Å². The molecule has 1 heterocycles. The lowest BCUT2D eigenvalue weighted by molar-refractivity contribution is 0.0526. The van der Waals surface area contributed by atoms with Gasteiger partial charge in [-0.1, -0.05) is 11.6 Å². The number of carbonyl (C=O) groups excluding carboxylic acids is 1. The molecule has 0 aliphatic carbocycles. The van der Waals surface area contributed by atoms with Gasteiger partial charge in [0.1, 0.15) is 5.82 Å². The fourth-order valence-electron chi connectivity index (χ4n) is 1.97. The summed E-state index contributed by atoms with van der Waals surface area (Å²) >= 11 is 3.19. The van der Waals surface area contributed by atoms with Crippen LogP contribution in [0.1, 0.15) is 23.0 Å². The Bertz CT molecular complexity index is 803. The molecule has 1 aromatic carbocycles. The summed E-state index contributed by atoms with van der Waals surface area (Å²) < 4.78 is 43.0. The van der Waals surface area contributed by atoms with E-state index in [4.69, 9.17) is 16.3 Å². The van der Waals surface area contributed by atoms with Crippen molar-refractivity contribution in [3.05, 3.63) is 52.6 Å². The highest BCUT2D eigenvalue weighted by Gasteiger charge is 2.20. The number of ether oxygens (including phenoxy) is 1. The number of aryl methyl sites for hydroxylation is 1. The summed E-state index contributed by atoms with van der Waals surface area (Å²) in [6, 6.07) is 4.80.